The zero-order valence-corrected chi connectivity index (χ0v) is 14.0. The van der Waals surface area contributed by atoms with E-state index in [0.29, 0.717) is 19.6 Å². The molecule has 0 N–H and O–H groups in total. The number of hydrogen-bond donors (Lipinski definition) is 0. The lowest BCUT2D eigenvalue weighted by Crippen LogP contribution is -2.53. The van der Waals surface area contributed by atoms with Gasteiger partial charge in [0.15, 0.2) is 0 Å². The molecule has 1 fully saturated rings. The molecule has 1 amide bonds. The van der Waals surface area contributed by atoms with Gasteiger partial charge in [0.1, 0.15) is 0 Å². The Bertz CT molecular complexity index is 488. The molecule has 2 rings (SSSR count). The molecule has 3 nitrogen and oxygen atoms in total. The van der Waals surface area contributed by atoms with E-state index in [2.05, 4.69) is 13.8 Å². The van der Waals surface area contributed by atoms with Crippen LogP contribution in [0.25, 0.3) is 0 Å². The predicted molar refractivity (Wildman–Crippen MR) is 85.7 cm³/mol. The molecule has 0 spiro atoms. The standard InChI is InChI=1S/C17H24ClNO2/c1-12-10-21-11-13(2)19(12)16(20)9-17(3,4)14-5-7-15(18)8-6-14/h5-8,12-13H,9-11H2,1-4H3. The number of carbonyl (C=O) groups is 1. The number of ether oxygens (including phenoxy) is 1. The van der Waals surface area contributed by atoms with E-state index in [-0.39, 0.29) is 23.4 Å². The zero-order valence-electron chi connectivity index (χ0n) is 13.2. The molecule has 0 bridgehead atoms. The van der Waals surface area contributed by atoms with Crippen LogP contribution in [0.3, 0.4) is 0 Å². The van der Waals surface area contributed by atoms with Crippen LogP contribution in [0.15, 0.2) is 24.3 Å². The molecule has 1 aromatic rings. The van der Waals surface area contributed by atoms with Crippen LogP contribution >= 0.6 is 11.6 Å². The molecule has 4 heteroatoms. The van der Waals surface area contributed by atoms with E-state index in [1.807, 2.05) is 43.0 Å². The Labute approximate surface area is 132 Å². The molecule has 1 aromatic carbocycles. The fourth-order valence-corrected chi connectivity index (χ4v) is 3.09. The van der Waals surface area contributed by atoms with Gasteiger partial charge in [-0.05, 0) is 37.0 Å². The highest BCUT2D eigenvalue weighted by Crippen LogP contribution is 2.30. The van der Waals surface area contributed by atoms with E-state index in [4.69, 9.17) is 16.3 Å². The second-order valence-corrected chi connectivity index (χ2v) is 7.04. The molecule has 2 unspecified atom stereocenters. The van der Waals surface area contributed by atoms with Gasteiger partial charge in [-0.15, -0.1) is 0 Å². The van der Waals surface area contributed by atoms with Crippen molar-refractivity contribution < 1.29 is 9.53 Å². The summed E-state index contributed by atoms with van der Waals surface area (Å²) in [4.78, 5) is 14.7. The molecule has 21 heavy (non-hydrogen) atoms. The molecular weight excluding hydrogens is 286 g/mol. The predicted octanol–water partition coefficient (Wildman–Crippen LogP) is 3.64. The van der Waals surface area contributed by atoms with Gasteiger partial charge in [-0.25, -0.2) is 0 Å². The smallest absolute Gasteiger partial charge is 0.224 e. The van der Waals surface area contributed by atoms with Gasteiger partial charge < -0.3 is 9.64 Å². The highest BCUT2D eigenvalue weighted by atomic mass is 35.5. The van der Waals surface area contributed by atoms with E-state index in [0.717, 1.165) is 10.6 Å². The van der Waals surface area contributed by atoms with Gasteiger partial charge in [0.25, 0.3) is 0 Å². The maximum atomic E-state index is 12.7. The van der Waals surface area contributed by atoms with Gasteiger partial charge in [-0.3, -0.25) is 4.79 Å². The molecule has 116 valence electrons. The van der Waals surface area contributed by atoms with Crippen LogP contribution in [0.2, 0.25) is 5.02 Å². The Morgan fingerprint density at radius 2 is 1.76 bits per heavy atom. The third-order valence-electron chi connectivity index (χ3n) is 4.17. The maximum Gasteiger partial charge on any atom is 0.224 e. The fraction of sp³-hybridized carbons (Fsp3) is 0.588. The van der Waals surface area contributed by atoms with Crippen molar-refractivity contribution in [3.63, 3.8) is 0 Å². The van der Waals surface area contributed by atoms with Gasteiger partial charge >= 0.3 is 0 Å². The minimum atomic E-state index is -0.209. The molecule has 1 heterocycles. The highest BCUT2D eigenvalue weighted by molar-refractivity contribution is 6.30. The van der Waals surface area contributed by atoms with E-state index >= 15 is 0 Å². The summed E-state index contributed by atoms with van der Waals surface area (Å²) in [5.41, 5.74) is 0.924. The molecule has 1 saturated heterocycles. The van der Waals surface area contributed by atoms with Crippen LogP contribution in [-0.4, -0.2) is 36.1 Å². The molecule has 1 aliphatic rings. The number of rotatable bonds is 3. The molecule has 0 radical (unpaired) electrons. The van der Waals surface area contributed by atoms with E-state index in [9.17, 15) is 4.79 Å². The van der Waals surface area contributed by atoms with Crippen molar-refractivity contribution >= 4 is 17.5 Å². The molecule has 2 atom stereocenters. The van der Waals surface area contributed by atoms with Crippen LogP contribution in [0.1, 0.15) is 39.7 Å². The molecular formula is C17H24ClNO2. The summed E-state index contributed by atoms with van der Waals surface area (Å²) in [6, 6.07) is 8.04. The second-order valence-electron chi connectivity index (χ2n) is 6.60. The Kier molecular flexibility index (Phi) is 4.95. The quantitative estimate of drug-likeness (QED) is 0.853. The first-order valence-electron chi connectivity index (χ1n) is 7.46. The van der Waals surface area contributed by atoms with Gasteiger partial charge in [-0.2, -0.15) is 0 Å². The second kappa shape index (κ2) is 6.37. The summed E-state index contributed by atoms with van der Waals surface area (Å²) < 4.78 is 5.49. The van der Waals surface area contributed by atoms with Crippen LogP contribution in [-0.2, 0) is 14.9 Å². The number of hydrogen-bond acceptors (Lipinski definition) is 2. The summed E-state index contributed by atoms with van der Waals surface area (Å²) in [6.45, 7) is 9.54. The highest BCUT2D eigenvalue weighted by Gasteiger charge is 2.33. The number of halogens is 1. The lowest BCUT2D eigenvalue weighted by molar-refractivity contribution is -0.145. The van der Waals surface area contributed by atoms with E-state index in [1.165, 1.54) is 0 Å². The van der Waals surface area contributed by atoms with Crippen molar-refractivity contribution in [2.75, 3.05) is 13.2 Å². The minimum Gasteiger partial charge on any atom is -0.377 e. The summed E-state index contributed by atoms with van der Waals surface area (Å²) in [7, 11) is 0. The average Bonchev–Trinajstić information content (AvgIpc) is 2.38. The van der Waals surface area contributed by atoms with Crippen molar-refractivity contribution in [1.29, 1.82) is 0 Å². The molecule has 0 saturated carbocycles. The van der Waals surface area contributed by atoms with Crippen LogP contribution in [0, 0.1) is 0 Å². The van der Waals surface area contributed by atoms with Crippen LogP contribution in [0.4, 0.5) is 0 Å². The van der Waals surface area contributed by atoms with Gasteiger partial charge in [0, 0.05) is 11.4 Å². The SMILES string of the molecule is CC1COCC(C)N1C(=O)CC(C)(C)c1ccc(Cl)cc1. The largest absolute Gasteiger partial charge is 0.377 e. The van der Waals surface area contributed by atoms with Crippen molar-refractivity contribution in [2.45, 2.75) is 51.6 Å². The first kappa shape index (κ1) is 16.3. The number of amides is 1. The zero-order chi connectivity index (χ0) is 15.6. The van der Waals surface area contributed by atoms with Gasteiger partial charge in [0.05, 0.1) is 25.3 Å². The Morgan fingerprint density at radius 1 is 1.24 bits per heavy atom. The van der Waals surface area contributed by atoms with Gasteiger partial charge in [0.2, 0.25) is 5.91 Å². The third-order valence-corrected chi connectivity index (χ3v) is 4.43. The monoisotopic (exact) mass is 309 g/mol. The first-order valence-corrected chi connectivity index (χ1v) is 7.84. The van der Waals surface area contributed by atoms with Crippen molar-refractivity contribution in [3.8, 4) is 0 Å². The van der Waals surface area contributed by atoms with E-state index < -0.39 is 0 Å². The number of nitrogens with zero attached hydrogens (tertiary/aromatic N) is 1. The maximum absolute atomic E-state index is 12.7. The van der Waals surface area contributed by atoms with E-state index in [1.54, 1.807) is 0 Å². The lowest BCUT2D eigenvalue weighted by Gasteiger charge is -2.40. The van der Waals surface area contributed by atoms with Crippen LogP contribution in [0.5, 0.6) is 0 Å². The molecule has 1 aliphatic heterocycles. The normalized spacial score (nSPS) is 23.2. The third kappa shape index (κ3) is 3.78. The topological polar surface area (TPSA) is 29.5 Å². The summed E-state index contributed by atoms with van der Waals surface area (Å²) in [5, 5.41) is 0.719. The fourth-order valence-electron chi connectivity index (χ4n) is 2.97. The number of benzene rings is 1. The van der Waals surface area contributed by atoms with Gasteiger partial charge in [-0.1, -0.05) is 37.6 Å². The van der Waals surface area contributed by atoms with Crippen LogP contribution < -0.4 is 0 Å². The Balaban J connectivity index is 2.11. The number of carbonyl (C=O) groups excluding carboxylic acids is 1. The Hall–Kier alpha value is -1.06. The molecule has 0 aliphatic carbocycles. The number of morpholine rings is 1. The van der Waals surface area contributed by atoms with Crippen molar-refractivity contribution in [2.24, 2.45) is 0 Å². The summed E-state index contributed by atoms with van der Waals surface area (Å²) in [6.07, 6.45) is 0.489. The van der Waals surface area contributed by atoms with Crippen molar-refractivity contribution in [3.05, 3.63) is 34.9 Å². The lowest BCUT2D eigenvalue weighted by atomic mass is 9.81. The summed E-state index contributed by atoms with van der Waals surface area (Å²) in [5.74, 6) is 0.193. The average molecular weight is 310 g/mol. The Morgan fingerprint density at radius 3 is 2.29 bits per heavy atom. The van der Waals surface area contributed by atoms with Crippen molar-refractivity contribution in [1.82, 2.24) is 4.90 Å². The first-order chi connectivity index (χ1) is 9.81. The molecule has 0 aromatic heterocycles. The summed E-state index contributed by atoms with van der Waals surface area (Å²) >= 11 is 5.94. The minimum absolute atomic E-state index is 0.141.